The van der Waals surface area contributed by atoms with Gasteiger partial charge in [-0.05, 0) is 53.0 Å². The summed E-state index contributed by atoms with van der Waals surface area (Å²) in [7, 11) is 0. The van der Waals surface area contributed by atoms with Crippen molar-refractivity contribution in [3.05, 3.63) is 64.1 Å². The summed E-state index contributed by atoms with van der Waals surface area (Å²) in [5, 5.41) is 5.70. The van der Waals surface area contributed by atoms with Gasteiger partial charge in [0.2, 0.25) is 0 Å². The molecule has 1 atom stereocenters. The van der Waals surface area contributed by atoms with Crippen LogP contribution >= 0.6 is 15.9 Å². The zero-order valence-electron chi connectivity index (χ0n) is 13.6. The van der Waals surface area contributed by atoms with Crippen LogP contribution in [0.4, 0.5) is 5.69 Å². The number of benzene rings is 2. The first kappa shape index (κ1) is 17.6. The van der Waals surface area contributed by atoms with Crippen LogP contribution in [0.3, 0.4) is 0 Å². The third-order valence-electron chi connectivity index (χ3n) is 4.05. The lowest BCUT2D eigenvalue weighted by molar-refractivity contribution is 0.0858. The minimum absolute atomic E-state index is 0.0750. The van der Waals surface area contributed by atoms with Crippen molar-refractivity contribution in [2.45, 2.75) is 18.9 Å². The number of hydrogen-bond donors (Lipinski definition) is 2. The monoisotopic (exact) mass is 402 g/mol. The number of para-hydroxylation sites is 1. The van der Waals surface area contributed by atoms with E-state index in [1.165, 1.54) is 0 Å². The van der Waals surface area contributed by atoms with Crippen LogP contribution < -0.4 is 10.6 Å². The first-order valence-corrected chi connectivity index (χ1v) is 8.99. The predicted octanol–water partition coefficient (Wildman–Crippen LogP) is 3.61. The molecule has 1 saturated heterocycles. The van der Waals surface area contributed by atoms with Crippen LogP contribution in [0, 0.1) is 0 Å². The predicted molar refractivity (Wildman–Crippen MR) is 99.8 cm³/mol. The van der Waals surface area contributed by atoms with E-state index in [0.717, 1.165) is 19.4 Å². The molecule has 1 fully saturated rings. The Kier molecular flexibility index (Phi) is 5.83. The second kappa shape index (κ2) is 8.27. The van der Waals surface area contributed by atoms with Crippen molar-refractivity contribution in [1.82, 2.24) is 5.32 Å². The van der Waals surface area contributed by atoms with Crippen molar-refractivity contribution in [2.24, 2.45) is 0 Å². The lowest BCUT2D eigenvalue weighted by Gasteiger charge is -2.14. The Labute approximate surface area is 154 Å². The molecule has 6 heteroatoms. The SMILES string of the molecule is O=C(Nc1ccccc1C(=O)NC[C@H]1CCCO1)c1ccccc1Br. The lowest BCUT2D eigenvalue weighted by atomic mass is 10.1. The highest BCUT2D eigenvalue weighted by molar-refractivity contribution is 9.10. The minimum Gasteiger partial charge on any atom is -0.376 e. The van der Waals surface area contributed by atoms with Crippen LogP contribution in [0.5, 0.6) is 0 Å². The number of rotatable bonds is 5. The number of carbonyl (C=O) groups is 2. The Morgan fingerprint density at radius 2 is 1.76 bits per heavy atom. The van der Waals surface area contributed by atoms with Crippen molar-refractivity contribution in [3.63, 3.8) is 0 Å². The summed E-state index contributed by atoms with van der Waals surface area (Å²) in [6.45, 7) is 1.23. The molecule has 0 spiro atoms. The van der Waals surface area contributed by atoms with E-state index in [2.05, 4.69) is 26.6 Å². The first-order valence-electron chi connectivity index (χ1n) is 8.20. The van der Waals surface area contributed by atoms with E-state index in [4.69, 9.17) is 4.74 Å². The van der Waals surface area contributed by atoms with Gasteiger partial charge in [0, 0.05) is 17.6 Å². The Bertz CT molecular complexity index is 773. The maximum atomic E-state index is 12.5. The number of amides is 2. The van der Waals surface area contributed by atoms with E-state index in [1.54, 1.807) is 42.5 Å². The molecule has 1 aliphatic heterocycles. The molecule has 0 saturated carbocycles. The molecule has 2 aromatic rings. The first-order chi connectivity index (χ1) is 12.1. The molecule has 0 unspecified atom stereocenters. The molecule has 0 aliphatic carbocycles. The number of hydrogen-bond acceptors (Lipinski definition) is 3. The quantitative estimate of drug-likeness (QED) is 0.802. The third kappa shape index (κ3) is 4.46. The van der Waals surface area contributed by atoms with E-state index >= 15 is 0 Å². The molecule has 25 heavy (non-hydrogen) atoms. The summed E-state index contributed by atoms with van der Waals surface area (Å²) in [5.74, 6) is -0.495. The van der Waals surface area contributed by atoms with Crippen molar-refractivity contribution >= 4 is 33.4 Å². The third-order valence-corrected chi connectivity index (χ3v) is 4.74. The van der Waals surface area contributed by atoms with E-state index in [0.29, 0.717) is 27.8 Å². The second-order valence-electron chi connectivity index (χ2n) is 5.82. The fraction of sp³-hybridized carbons (Fsp3) is 0.263. The number of carbonyl (C=O) groups excluding carboxylic acids is 2. The normalized spacial score (nSPS) is 16.4. The Morgan fingerprint density at radius 1 is 1.04 bits per heavy atom. The zero-order valence-corrected chi connectivity index (χ0v) is 15.2. The molecule has 1 heterocycles. The molecular weight excluding hydrogens is 384 g/mol. The summed E-state index contributed by atoms with van der Waals surface area (Å²) in [4.78, 5) is 25.0. The van der Waals surface area contributed by atoms with Gasteiger partial charge in [-0.25, -0.2) is 0 Å². The van der Waals surface area contributed by atoms with Crippen molar-refractivity contribution in [2.75, 3.05) is 18.5 Å². The van der Waals surface area contributed by atoms with Gasteiger partial charge in [-0.3, -0.25) is 9.59 Å². The van der Waals surface area contributed by atoms with Crippen LogP contribution in [-0.2, 0) is 4.74 Å². The average Bonchev–Trinajstić information content (AvgIpc) is 3.14. The Balaban J connectivity index is 1.71. The summed E-state index contributed by atoms with van der Waals surface area (Å²) < 4.78 is 6.22. The van der Waals surface area contributed by atoms with Crippen LogP contribution in [0.1, 0.15) is 33.6 Å². The molecule has 2 N–H and O–H groups in total. The minimum atomic E-state index is -0.271. The molecule has 130 valence electrons. The summed E-state index contributed by atoms with van der Waals surface area (Å²) >= 11 is 3.37. The average molecular weight is 403 g/mol. The molecule has 2 aromatic carbocycles. The molecule has 0 bridgehead atoms. The highest BCUT2D eigenvalue weighted by Gasteiger charge is 2.19. The molecule has 1 aliphatic rings. The second-order valence-corrected chi connectivity index (χ2v) is 6.68. The number of nitrogens with one attached hydrogen (secondary N) is 2. The fourth-order valence-electron chi connectivity index (χ4n) is 2.73. The zero-order chi connectivity index (χ0) is 17.6. The molecular formula is C19H19BrN2O3. The molecule has 0 aromatic heterocycles. The lowest BCUT2D eigenvalue weighted by Crippen LogP contribution is -2.32. The van der Waals surface area contributed by atoms with E-state index in [9.17, 15) is 9.59 Å². The largest absolute Gasteiger partial charge is 0.376 e. The summed E-state index contributed by atoms with van der Waals surface area (Å²) in [5.41, 5.74) is 1.42. The smallest absolute Gasteiger partial charge is 0.256 e. The van der Waals surface area contributed by atoms with Crippen LogP contribution in [0.2, 0.25) is 0 Å². The van der Waals surface area contributed by atoms with Gasteiger partial charge in [-0.15, -0.1) is 0 Å². The fourth-order valence-corrected chi connectivity index (χ4v) is 3.20. The van der Waals surface area contributed by atoms with E-state index < -0.39 is 0 Å². The van der Waals surface area contributed by atoms with Gasteiger partial charge < -0.3 is 15.4 Å². The summed E-state index contributed by atoms with van der Waals surface area (Å²) in [6, 6.07) is 14.1. The number of anilines is 1. The standard InChI is InChI=1S/C19H19BrN2O3/c20-16-9-3-1-7-14(16)19(24)22-17-10-4-2-8-15(17)18(23)21-12-13-6-5-11-25-13/h1-4,7-10,13H,5-6,11-12H2,(H,21,23)(H,22,24)/t13-/m1/s1. The topological polar surface area (TPSA) is 67.4 Å². The molecule has 0 radical (unpaired) electrons. The van der Waals surface area contributed by atoms with Gasteiger partial charge in [-0.2, -0.15) is 0 Å². The van der Waals surface area contributed by atoms with Crippen LogP contribution in [0.15, 0.2) is 53.0 Å². The molecule has 2 amide bonds. The van der Waals surface area contributed by atoms with Crippen LogP contribution in [-0.4, -0.2) is 31.1 Å². The number of halogens is 1. The highest BCUT2D eigenvalue weighted by atomic mass is 79.9. The molecule has 5 nitrogen and oxygen atoms in total. The van der Waals surface area contributed by atoms with Crippen molar-refractivity contribution in [1.29, 1.82) is 0 Å². The van der Waals surface area contributed by atoms with Gasteiger partial charge >= 0.3 is 0 Å². The van der Waals surface area contributed by atoms with Crippen LogP contribution in [0.25, 0.3) is 0 Å². The van der Waals surface area contributed by atoms with Gasteiger partial charge in [0.05, 0.1) is 22.9 Å². The van der Waals surface area contributed by atoms with Gasteiger partial charge in [0.1, 0.15) is 0 Å². The number of ether oxygens (including phenoxy) is 1. The van der Waals surface area contributed by atoms with Gasteiger partial charge in [0.25, 0.3) is 11.8 Å². The van der Waals surface area contributed by atoms with Gasteiger partial charge in [-0.1, -0.05) is 24.3 Å². The van der Waals surface area contributed by atoms with Crippen molar-refractivity contribution in [3.8, 4) is 0 Å². The molecule has 3 rings (SSSR count). The summed E-state index contributed by atoms with van der Waals surface area (Å²) in [6.07, 6.45) is 2.06. The Morgan fingerprint density at radius 3 is 2.48 bits per heavy atom. The van der Waals surface area contributed by atoms with Gasteiger partial charge in [0.15, 0.2) is 0 Å². The highest BCUT2D eigenvalue weighted by Crippen LogP contribution is 2.20. The maximum absolute atomic E-state index is 12.5. The van der Waals surface area contributed by atoms with Crippen molar-refractivity contribution < 1.29 is 14.3 Å². The van der Waals surface area contributed by atoms with E-state index in [-0.39, 0.29) is 17.9 Å². The Hall–Kier alpha value is -2.18. The maximum Gasteiger partial charge on any atom is 0.256 e. The van der Waals surface area contributed by atoms with E-state index in [1.807, 2.05) is 6.07 Å².